The van der Waals surface area contributed by atoms with Gasteiger partial charge in [0.05, 0.1) is 12.7 Å². The van der Waals surface area contributed by atoms with Gasteiger partial charge in [-0.3, -0.25) is 9.59 Å². The highest BCUT2D eigenvalue weighted by molar-refractivity contribution is 6.17. The number of ether oxygens (including phenoxy) is 2. The first-order valence-corrected chi connectivity index (χ1v) is 6.33. The van der Waals surface area contributed by atoms with E-state index < -0.39 is 11.9 Å². The zero-order valence-electron chi connectivity index (χ0n) is 11.2. The Kier molecular flexibility index (Phi) is 3.10. The Morgan fingerprint density at radius 2 is 1.81 bits per heavy atom. The number of hydrogen-bond donors (Lipinski definition) is 1. The topological polar surface area (TPSA) is 72.8 Å². The average molecular weight is 284 g/mol. The lowest BCUT2D eigenvalue weighted by atomic mass is 9.88. The minimum absolute atomic E-state index is 0.0581. The van der Waals surface area contributed by atoms with Crippen molar-refractivity contribution in [2.24, 2.45) is 0 Å². The molecule has 3 rings (SSSR count). The number of aromatic hydroxyl groups is 1. The zero-order chi connectivity index (χ0) is 15.0. The normalized spacial score (nSPS) is 17.1. The number of rotatable bonds is 2. The molecule has 1 aliphatic heterocycles. The lowest BCUT2D eigenvalue weighted by Crippen LogP contribution is -2.31. The minimum Gasteiger partial charge on any atom is -0.508 e. The first kappa shape index (κ1) is 13.2. The van der Waals surface area contributed by atoms with Crippen LogP contribution >= 0.6 is 0 Å². The number of carbonyl (C=O) groups excluding carboxylic acids is 2. The van der Waals surface area contributed by atoms with E-state index in [1.54, 1.807) is 24.3 Å². The summed E-state index contributed by atoms with van der Waals surface area (Å²) in [4.78, 5) is 24.6. The zero-order valence-corrected chi connectivity index (χ0v) is 11.2. The molecule has 0 saturated carbocycles. The van der Waals surface area contributed by atoms with Crippen LogP contribution in [0, 0.1) is 0 Å². The van der Waals surface area contributed by atoms with Crippen LogP contribution in [0.25, 0.3) is 0 Å². The third-order valence-corrected chi connectivity index (χ3v) is 3.39. The van der Waals surface area contributed by atoms with Gasteiger partial charge in [0.2, 0.25) is 0 Å². The molecule has 1 atom stereocenters. The molecular weight excluding hydrogens is 272 g/mol. The van der Waals surface area contributed by atoms with E-state index in [4.69, 9.17) is 9.47 Å². The highest BCUT2D eigenvalue weighted by atomic mass is 16.5. The van der Waals surface area contributed by atoms with E-state index in [-0.39, 0.29) is 22.8 Å². The summed E-state index contributed by atoms with van der Waals surface area (Å²) in [6.45, 7) is 0. The van der Waals surface area contributed by atoms with Crippen LogP contribution in [-0.4, -0.2) is 24.0 Å². The maximum atomic E-state index is 12.5. The molecule has 2 aromatic rings. The molecule has 0 saturated heterocycles. The van der Waals surface area contributed by atoms with Crippen molar-refractivity contribution in [3.8, 4) is 17.2 Å². The average Bonchev–Trinajstić information content (AvgIpc) is 2.47. The van der Waals surface area contributed by atoms with E-state index in [1.165, 1.54) is 25.3 Å². The predicted octanol–water partition coefficient (Wildman–Crippen LogP) is 2.29. The van der Waals surface area contributed by atoms with E-state index in [9.17, 15) is 14.7 Å². The molecule has 0 radical (unpaired) electrons. The second-order valence-electron chi connectivity index (χ2n) is 4.67. The number of hydrogen-bond acceptors (Lipinski definition) is 5. The van der Waals surface area contributed by atoms with Crippen molar-refractivity contribution in [3.05, 3.63) is 53.6 Å². The van der Waals surface area contributed by atoms with Crippen LogP contribution in [0.15, 0.2) is 42.5 Å². The molecule has 0 bridgehead atoms. The fourth-order valence-corrected chi connectivity index (χ4v) is 2.31. The van der Waals surface area contributed by atoms with E-state index >= 15 is 0 Å². The molecule has 5 nitrogen and oxygen atoms in total. The van der Waals surface area contributed by atoms with E-state index in [2.05, 4.69) is 0 Å². The first-order valence-electron chi connectivity index (χ1n) is 6.33. The third-order valence-electron chi connectivity index (χ3n) is 3.39. The Hall–Kier alpha value is -2.82. The second kappa shape index (κ2) is 4.94. The molecule has 0 aliphatic carbocycles. The Balaban J connectivity index is 2.01. The molecule has 0 amide bonds. The molecule has 5 heteroatoms. The molecule has 106 valence electrons. The molecule has 1 heterocycles. The molecule has 0 fully saturated rings. The summed E-state index contributed by atoms with van der Waals surface area (Å²) < 4.78 is 10.2. The van der Waals surface area contributed by atoms with Crippen molar-refractivity contribution < 1.29 is 24.2 Å². The van der Waals surface area contributed by atoms with Crippen LogP contribution < -0.4 is 9.47 Å². The number of phenols is 1. The lowest BCUT2D eigenvalue weighted by Gasteiger charge is -2.22. The summed E-state index contributed by atoms with van der Waals surface area (Å²) in [5.41, 5.74) is 0.831. The summed E-state index contributed by atoms with van der Waals surface area (Å²) in [7, 11) is 1.54. The fourth-order valence-electron chi connectivity index (χ4n) is 2.31. The van der Waals surface area contributed by atoms with E-state index in [0.29, 0.717) is 11.3 Å². The first-order chi connectivity index (χ1) is 10.1. The van der Waals surface area contributed by atoms with Crippen molar-refractivity contribution in [2.45, 2.75) is 5.92 Å². The number of fused-ring (bicyclic) bond motifs is 1. The Labute approximate surface area is 120 Å². The van der Waals surface area contributed by atoms with Gasteiger partial charge in [-0.05, 0) is 29.8 Å². The fraction of sp³-hybridized carbons (Fsp3) is 0.125. The molecule has 2 aromatic carbocycles. The second-order valence-corrected chi connectivity index (χ2v) is 4.67. The smallest absolute Gasteiger partial charge is 0.326 e. The molecule has 0 aromatic heterocycles. The van der Waals surface area contributed by atoms with Crippen molar-refractivity contribution >= 4 is 11.8 Å². The summed E-state index contributed by atoms with van der Waals surface area (Å²) >= 11 is 0. The van der Waals surface area contributed by atoms with Gasteiger partial charge in [-0.15, -0.1) is 0 Å². The number of esters is 1. The summed E-state index contributed by atoms with van der Waals surface area (Å²) in [5.74, 6) is -1.31. The minimum atomic E-state index is -0.993. The van der Waals surface area contributed by atoms with E-state index in [1.807, 2.05) is 0 Å². The van der Waals surface area contributed by atoms with Gasteiger partial charge in [0.25, 0.3) is 0 Å². The molecule has 21 heavy (non-hydrogen) atoms. The maximum Gasteiger partial charge on any atom is 0.326 e. The van der Waals surface area contributed by atoms with Crippen LogP contribution in [0.1, 0.15) is 21.8 Å². The maximum absolute atomic E-state index is 12.5. The molecular formula is C16H12O5. The number of phenolic OH excluding ortho intramolecular Hbond substituents is 1. The van der Waals surface area contributed by atoms with Crippen LogP contribution in [0.4, 0.5) is 0 Å². The van der Waals surface area contributed by atoms with Gasteiger partial charge in [0.15, 0.2) is 5.78 Å². The number of methoxy groups -OCH3 is 1. The predicted molar refractivity (Wildman–Crippen MR) is 73.8 cm³/mol. The van der Waals surface area contributed by atoms with E-state index in [0.717, 1.165) is 0 Å². The van der Waals surface area contributed by atoms with Crippen molar-refractivity contribution in [1.82, 2.24) is 0 Å². The van der Waals surface area contributed by atoms with Gasteiger partial charge in [-0.25, -0.2) is 0 Å². The highest BCUT2D eigenvalue weighted by Crippen LogP contribution is 2.35. The summed E-state index contributed by atoms with van der Waals surface area (Å²) in [6, 6.07) is 10.8. The standard InChI is InChI=1S/C16H12O5/c1-20-11-5-2-9(3-6-11)14-15(18)12-7-4-10(17)8-13(12)21-16(14)19/h2-8,14,17H,1H3. The highest BCUT2D eigenvalue weighted by Gasteiger charge is 2.37. The van der Waals surface area contributed by atoms with Crippen molar-refractivity contribution in [1.29, 1.82) is 0 Å². The number of Topliss-reactive ketones (excluding diaryl/α,β-unsaturated/α-hetero) is 1. The molecule has 1 aliphatic rings. The van der Waals surface area contributed by atoms with Gasteiger partial charge < -0.3 is 14.6 Å². The Morgan fingerprint density at radius 1 is 1.10 bits per heavy atom. The molecule has 0 spiro atoms. The third kappa shape index (κ3) is 2.23. The lowest BCUT2D eigenvalue weighted by molar-refractivity contribution is -0.135. The van der Waals surface area contributed by atoms with Crippen molar-refractivity contribution in [2.75, 3.05) is 7.11 Å². The number of carbonyl (C=O) groups is 2. The monoisotopic (exact) mass is 284 g/mol. The SMILES string of the molecule is COc1ccc(C2C(=O)Oc3cc(O)ccc3C2=O)cc1. The van der Waals surface area contributed by atoms with Crippen molar-refractivity contribution in [3.63, 3.8) is 0 Å². The van der Waals surface area contributed by atoms with Gasteiger partial charge >= 0.3 is 5.97 Å². The van der Waals surface area contributed by atoms with Gasteiger partial charge in [0, 0.05) is 6.07 Å². The van der Waals surface area contributed by atoms with Crippen LogP contribution in [0.2, 0.25) is 0 Å². The van der Waals surface area contributed by atoms with Gasteiger partial charge in [-0.1, -0.05) is 12.1 Å². The van der Waals surface area contributed by atoms with Gasteiger partial charge in [0.1, 0.15) is 23.2 Å². The van der Waals surface area contributed by atoms with Crippen LogP contribution in [-0.2, 0) is 4.79 Å². The summed E-state index contributed by atoms with van der Waals surface area (Å²) in [5, 5.41) is 9.38. The Morgan fingerprint density at radius 3 is 2.48 bits per heavy atom. The molecule has 1 unspecified atom stereocenters. The quantitative estimate of drug-likeness (QED) is 0.520. The van der Waals surface area contributed by atoms with Gasteiger partial charge in [-0.2, -0.15) is 0 Å². The van der Waals surface area contributed by atoms with Crippen LogP contribution in [0.5, 0.6) is 17.2 Å². The summed E-state index contributed by atoms with van der Waals surface area (Å²) in [6.07, 6.45) is 0. The number of ketones is 1. The number of benzene rings is 2. The van der Waals surface area contributed by atoms with Crippen LogP contribution in [0.3, 0.4) is 0 Å². The largest absolute Gasteiger partial charge is 0.508 e. The Bertz CT molecular complexity index is 718. The molecule has 1 N–H and O–H groups in total.